The predicted molar refractivity (Wildman–Crippen MR) is 104 cm³/mol. The second-order valence-electron chi connectivity index (χ2n) is 6.08. The van der Waals surface area contributed by atoms with Crippen LogP contribution in [-0.4, -0.2) is 30.2 Å². The molecule has 0 bridgehead atoms. The molecule has 0 fully saturated rings. The molecule has 0 spiro atoms. The highest BCUT2D eigenvalue weighted by Gasteiger charge is 2.07. The fourth-order valence-electron chi connectivity index (χ4n) is 2.61. The smallest absolute Gasteiger partial charge is 0.274 e. The molecule has 7 nitrogen and oxygen atoms in total. The van der Waals surface area contributed by atoms with Gasteiger partial charge in [-0.25, -0.2) is 5.48 Å². The van der Waals surface area contributed by atoms with E-state index >= 15 is 0 Å². The van der Waals surface area contributed by atoms with Crippen LogP contribution in [0.3, 0.4) is 0 Å². The number of allylic oxidation sites excluding steroid dienone is 1. The number of amides is 2. The van der Waals surface area contributed by atoms with Gasteiger partial charge >= 0.3 is 0 Å². The standard InChI is InChI=1S/C21H20N2O5/c1-14(19-13-16-4-2-3-5-18(16)28-19)12-20(24)22-10-11-27-17-8-6-15(7-9-17)21(25)23-26/h2-9,12-13,26H,10-11H2,1H3,(H,22,24)(H,23,25)/b14-12-. The zero-order chi connectivity index (χ0) is 19.9. The lowest BCUT2D eigenvalue weighted by Gasteiger charge is -2.07. The topological polar surface area (TPSA) is 101 Å². The van der Waals surface area contributed by atoms with Gasteiger partial charge in [0.05, 0.1) is 6.54 Å². The normalized spacial score (nSPS) is 11.3. The minimum atomic E-state index is -0.592. The molecule has 2 amide bonds. The molecule has 0 saturated carbocycles. The Bertz CT molecular complexity index is 972. The molecule has 3 N–H and O–H groups in total. The van der Waals surface area contributed by atoms with Crippen molar-refractivity contribution in [3.05, 3.63) is 72.0 Å². The first-order chi connectivity index (χ1) is 13.6. The zero-order valence-corrected chi connectivity index (χ0v) is 15.3. The van der Waals surface area contributed by atoms with Crippen LogP contribution in [0.5, 0.6) is 5.75 Å². The first-order valence-corrected chi connectivity index (χ1v) is 8.69. The molecule has 2 aromatic carbocycles. The monoisotopic (exact) mass is 380 g/mol. The third kappa shape index (κ3) is 4.77. The van der Waals surface area contributed by atoms with Crippen LogP contribution in [-0.2, 0) is 4.79 Å². The number of rotatable bonds is 7. The number of benzene rings is 2. The largest absolute Gasteiger partial charge is 0.492 e. The Labute approximate surface area is 161 Å². The third-order valence-electron chi connectivity index (χ3n) is 4.05. The molecule has 1 aromatic heterocycles. The molecule has 0 aliphatic heterocycles. The summed E-state index contributed by atoms with van der Waals surface area (Å²) < 4.78 is 11.2. The number of carbonyl (C=O) groups excluding carboxylic acids is 2. The summed E-state index contributed by atoms with van der Waals surface area (Å²) in [4.78, 5) is 23.3. The summed E-state index contributed by atoms with van der Waals surface area (Å²) in [5.41, 5.74) is 3.38. The predicted octanol–water partition coefficient (Wildman–Crippen LogP) is 3.15. The lowest BCUT2D eigenvalue weighted by atomic mass is 10.2. The van der Waals surface area contributed by atoms with E-state index in [4.69, 9.17) is 14.4 Å². The van der Waals surface area contributed by atoms with Crippen molar-refractivity contribution in [1.29, 1.82) is 0 Å². The first-order valence-electron chi connectivity index (χ1n) is 8.69. The molecule has 1 heterocycles. The molecule has 3 aromatic rings. The van der Waals surface area contributed by atoms with Gasteiger partial charge < -0.3 is 14.5 Å². The van der Waals surface area contributed by atoms with Gasteiger partial charge in [0, 0.05) is 17.0 Å². The molecule has 144 valence electrons. The van der Waals surface area contributed by atoms with E-state index in [2.05, 4.69) is 5.32 Å². The highest BCUT2D eigenvalue weighted by Crippen LogP contribution is 2.24. The van der Waals surface area contributed by atoms with E-state index in [9.17, 15) is 9.59 Å². The average Bonchev–Trinajstić information content (AvgIpc) is 3.15. The van der Waals surface area contributed by atoms with Crippen LogP contribution < -0.4 is 15.5 Å². The number of nitrogens with one attached hydrogen (secondary N) is 2. The van der Waals surface area contributed by atoms with Crippen LogP contribution in [0, 0.1) is 0 Å². The van der Waals surface area contributed by atoms with Crippen molar-refractivity contribution < 1.29 is 24.0 Å². The molecule has 28 heavy (non-hydrogen) atoms. The zero-order valence-electron chi connectivity index (χ0n) is 15.3. The van der Waals surface area contributed by atoms with E-state index in [-0.39, 0.29) is 12.5 Å². The summed E-state index contributed by atoms with van der Waals surface area (Å²) in [6, 6.07) is 15.8. The van der Waals surface area contributed by atoms with E-state index in [0.29, 0.717) is 23.6 Å². The number of para-hydroxylation sites is 1. The highest BCUT2D eigenvalue weighted by molar-refractivity contribution is 5.95. The van der Waals surface area contributed by atoms with Crippen LogP contribution in [0.25, 0.3) is 16.5 Å². The van der Waals surface area contributed by atoms with E-state index in [0.717, 1.165) is 16.5 Å². The van der Waals surface area contributed by atoms with Gasteiger partial charge in [0.25, 0.3) is 5.91 Å². The van der Waals surface area contributed by atoms with Gasteiger partial charge in [0.1, 0.15) is 23.7 Å². The van der Waals surface area contributed by atoms with Gasteiger partial charge in [-0.1, -0.05) is 18.2 Å². The molecule has 0 aliphatic carbocycles. The van der Waals surface area contributed by atoms with Gasteiger partial charge in [-0.2, -0.15) is 0 Å². The Morgan fingerprint density at radius 3 is 2.61 bits per heavy atom. The van der Waals surface area contributed by atoms with E-state index in [1.807, 2.05) is 37.3 Å². The first kappa shape index (κ1) is 19.2. The number of fused-ring (bicyclic) bond motifs is 1. The van der Waals surface area contributed by atoms with Crippen LogP contribution in [0.1, 0.15) is 23.0 Å². The fraction of sp³-hybridized carbons (Fsp3) is 0.143. The van der Waals surface area contributed by atoms with Crippen molar-refractivity contribution in [1.82, 2.24) is 10.8 Å². The van der Waals surface area contributed by atoms with E-state index in [1.165, 1.54) is 18.2 Å². The second kappa shape index (κ2) is 8.88. The fourth-order valence-corrected chi connectivity index (χ4v) is 2.61. The number of furan rings is 1. The Kier molecular flexibility index (Phi) is 6.08. The molecule has 0 saturated heterocycles. The Morgan fingerprint density at radius 2 is 1.89 bits per heavy atom. The number of carbonyl (C=O) groups is 2. The maximum absolute atomic E-state index is 12.1. The third-order valence-corrected chi connectivity index (χ3v) is 4.05. The minimum absolute atomic E-state index is 0.239. The summed E-state index contributed by atoms with van der Waals surface area (Å²) in [7, 11) is 0. The Morgan fingerprint density at radius 1 is 1.14 bits per heavy atom. The average molecular weight is 380 g/mol. The van der Waals surface area contributed by atoms with Crippen molar-refractivity contribution in [2.24, 2.45) is 0 Å². The highest BCUT2D eigenvalue weighted by atomic mass is 16.5. The van der Waals surface area contributed by atoms with Gasteiger partial charge in [-0.3, -0.25) is 14.8 Å². The number of hydroxylamine groups is 1. The molecule has 7 heteroatoms. The van der Waals surface area contributed by atoms with Gasteiger partial charge in [-0.05, 0) is 48.9 Å². The lowest BCUT2D eigenvalue weighted by molar-refractivity contribution is -0.116. The summed E-state index contributed by atoms with van der Waals surface area (Å²) in [6.07, 6.45) is 1.49. The van der Waals surface area contributed by atoms with E-state index in [1.54, 1.807) is 17.6 Å². The quantitative estimate of drug-likeness (QED) is 0.253. The summed E-state index contributed by atoms with van der Waals surface area (Å²) in [5.74, 6) is 0.374. The second-order valence-corrected chi connectivity index (χ2v) is 6.08. The van der Waals surface area contributed by atoms with Crippen molar-refractivity contribution in [2.75, 3.05) is 13.2 Å². The molecule has 0 aliphatic rings. The van der Waals surface area contributed by atoms with Crippen LogP contribution in [0.15, 0.2) is 65.1 Å². The summed E-state index contributed by atoms with van der Waals surface area (Å²) in [6.45, 7) is 2.41. The molecule has 0 radical (unpaired) electrons. The molecule has 0 unspecified atom stereocenters. The number of hydrogen-bond donors (Lipinski definition) is 3. The summed E-state index contributed by atoms with van der Waals surface area (Å²) in [5, 5.41) is 12.3. The molecular formula is C21H20N2O5. The van der Waals surface area contributed by atoms with Gasteiger partial charge in [-0.15, -0.1) is 0 Å². The number of hydrogen-bond acceptors (Lipinski definition) is 5. The van der Waals surface area contributed by atoms with Crippen molar-refractivity contribution in [3.8, 4) is 5.75 Å². The Hall–Kier alpha value is -3.58. The molecular weight excluding hydrogens is 360 g/mol. The SMILES string of the molecule is C/C(=C/C(=O)NCCOc1ccc(C(=O)NO)cc1)c1cc2ccccc2o1. The van der Waals surface area contributed by atoms with Crippen LogP contribution in [0.4, 0.5) is 0 Å². The van der Waals surface area contributed by atoms with E-state index < -0.39 is 5.91 Å². The Balaban J connectivity index is 1.47. The molecule has 3 rings (SSSR count). The van der Waals surface area contributed by atoms with Crippen molar-refractivity contribution >= 4 is 28.4 Å². The van der Waals surface area contributed by atoms with Crippen molar-refractivity contribution in [3.63, 3.8) is 0 Å². The van der Waals surface area contributed by atoms with Gasteiger partial charge in [0.2, 0.25) is 5.91 Å². The van der Waals surface area contributed by atoms with Crippen LogP contribution >= 0.6 is 0 Å². The van der Waals surface area contributed by atoms with Gasteiger partial charge in [0.15, 0.2) is 0 Å². The lowest BCUT2D eigenvalue weighted by Crippen LogP contribution is -2.26. The number of ether oxygens (including phenoxy) is 1. The molecule has 0 atom stereocenters. The van der Waals surface area contributed by atoms with Crippen LogP contribution in [0.2, 0.25) is 0 Å². The maximum atomic E-state index is 12.1. The maximum Gasteiger partial charge on any atom is 0.274 e. The summed E-state index contributed by atoms with van der Waals surface area (Å²) >= 11 is 0. The minimum Gasteiger partial charge on any atom is -0.492 e. The van der Waals surface area contributed by atoms with Crippen molar-refractivity contribution in [2.45, 2.75) is 6.92 Å².